The van der Waals surface area contributed by atoms with Gasteiger partial charge in [0.1, 0.15) is 6.61 Å². The van der Waals surface area contributed by atoms with Gasteiger partial charge in [0.15, 0.2) is 5.69 Å². The number of hydrogen-bond acceptors (Lipinski definition) is 4. The highest BCUT2D eigenvalue weighted by molar-refractivity contribution is 5.86. The van der Waals surface area contributed by atoms with E-state index in [9.17, 15) is 9.59 Å². The summed E-state index contributed by atoms with van der Waals surface area (Å²) in [6.07, 6.45) is 0. The van der Waals surface area contributed by atoms with Crippen molar-refractivity contribution in [1.29, 1.82) is 0 Å². The van der Waals surface area contributed by atoms with Crippen molar-refractivity contribution in [3.63, 3.8) is 0 Å². The molecule has 1 aromatic heterocycles. The van der Waals surface area contributed by atoms with Crippen LogP contribution in [0, 0.1) is 13.8 Å². The molecule has 0 saturated heterocycles. The molecule has 5 nitrogen and oxygen atoms in total. The highest BCUT2D eigenvalue weighted by atomic mass is 16.5. The van der Waals surface area contributed by atoms with Crippen LogP contribution in [0.3, 0.4) is 0 Å². The minimum atomic E-state index is -0.540. The zero-order valence-electron chi connectivity index (χ0n) is 11.7. The first-order chi connectivity index (χ1) is 9.47. The number of carbonyl (C=O) groups excluding carboxylic acids is 1. The van der Waals surface area contributed by atoms with Gasteiger partial charge in [0.05, 0.1) is 0 Å². The zero-order chi connectivity index (χ0) is 14.7. The van der Waals surface area contributed by atoms with E-state index >= 15 is 0 Å². The van der Waals surface area contributed by atoms with Crippen molar-refractivity contribution >= 4 is 5.97 Å². The largest absolute Gasteiger partial charge is 0.456 e. The summed E-state index contributed by atoms with van der Waals surface area (Å²) in [7, 11) is 1.49. The molecule has 2 rings (SSSR count). The van der Waals surface area contributed by atoms with E-state index in [1.165, 1.54) is 19.2 Å². The maximum atomic E-state index is 11.9. The molecule has 0 amide bonds. The summed E-state index contributed by atoms with van der Waals surface area (Å²) in [6.45, 7) is 4.14. The molecule has 0 fully saturated rings. The van der Waals surface area contributed by atoms with Gasteiger partial charge in [-0.3, -0.25) is 4.79 Å². The molecule has 0 aliphatic rings. The number of hydrogen-bond donors (Lipinski definition) is 0. The van der Waals surface area contributed by atoms with Gasteiger partial charge in [-0.1, -0.05) is 23.8 Å². The highest BCUT2D eigenvalue weighted by Crippen LogP contribution is 2.12. The minimum Gasteiger partial charge on any atom is -0.456 e. The summed E-state index contributed by atoms with van der Waals surface area (Å²) in [5.41, 5.74) is 3.00. The van der Waals surface area contributed by atoms with Crippen molar-refractivity contribution in [2.75, 3.05) is 0 Å². The first-order valence-corrected chi connectivity index (χ1v) is 6.25. The number of esters is 1. The van der Waals surface area contributed by atoms with Crippen LogP contribution < -0.4 is 5.56 Å². The summed E-state index contributed by atoms with van der Waals surface area (Å²) < 4.78 is 6.33. The molecule has 0 aliphatic heterocycles. The van der Waals surface area contributed by atoms with Gasteiger partial charge in [-0.25, -0.2) is 9.48 Å². The molecule has 0 aliphatic carbocycles. The van der Waals surface area contributed by atoms with Crippen molar-refractivity contribution in [3.8, 4) is 0 Å². The van der Waals surface area contributed by atoms with Crippen molar-refractivity contribution in [1.82, 2.24) is 9.78 Å². The average Bonchev–Trinajstić information content (AvgIpc) is 2.42. The fourth-order valence-electron chi connectivity index (χ4n) is 1.78. The van der Waals surface area contributed by atoms with E-state index in [1.54, 1.807) is 0 Å². The zero-order valence-corrected chi connectivity index (χ0v) is 11.7. The van der Waals surface area contributed by atoms with E-state index in [-0.39, 0.29) is 17.9 Å². The van der Waals surface area contributed by atoms with E-state index in [0.717, 1.165) is 21.4 Å². The SMILES string of the molecule is Cc1ccc(C)c(COC(=O)c2ccc(=O)n(C)n2)c1. The molecule has 0 N–H and O–H groups in total. The normalized spacial score (nSPS) is 10.3. The second kappa shape index (κ2) is 5.69. The molecule has 2 aromatic rings. The maximum Gasteiger partial charge on any atom is 0.359 e. The molecule has 1 aromatic carbocycles. The quantitative estimate of drug-likeness (QED) is 0.799. The van der Waals surface area contributed by atoms with Crippen molar-refractivity contribution in [3.05, 3.63) is 63.1 Å². The third kappa shape index (κ3) is 3.12. The molecule has 0 saturated carbocycles. The van der Waals surface area contributed by atoms with E-state index in [0.29, 0.717) is 0 Å². The van der Waals surface area contributed by atoms with E-state index < -0.39 is 5.97 Å². The van der Waals surface area contributed by atoms with Gasteiger partial charge in [-0.2, -0.15) is 5.10 Å². The fraction of sp³-hybridized carbons (Fsp3) is 0.267. The number of rotatable bonds is 3. The van der Waals surface area contributed by atoms with Crippen molar-refractivity contribution < 1.29 is 9.53 Å². The predicted molar refractivity (Wildman–Crippen MR) is 74.5 cm³/mol. The molecule has 104 valence electrons. The smallest absolute Gasteiger partial charge is 0.359 e. The monoisotopic (exact) mass is 272 g/mol. The van der Waals surface area contributed by atoms with Crippen LogP contribution in [0.5, 0.6) is 0 Å². The van der Waals surface area contributed by atoms with Crippen molar-refractivity contribution in [2.24, 2.45) is 7.05 Å². The lowest BCUT2D eigenvalue weighted by Gasteiger charge is -2.08. The molecule has 0 spiro atoms. The number of carbonyl (C=O) groups is 1. The number of nitrogens with zero attached hydrogens (tertiary/aromatic N) is 2. The van der Waals surface area contributed by atoms with Crippen LogP contribution in [0.1, 0.15) is 27.2 Å². The van der Waals surface area contributed by atoms with Crippen LogP contribution in [0.4, 0.5) is 0 Å². The Balaban J connectivity index is 2.10. The van der Waals surface area contributed by atoms with Crippen LogP contribution in [0.15, 0.2) is 35.1 Å². The molecular formula is C15H16N2O3. The maximum absolute atomic E-state index is 11.9. The molecule has 20 heavy (non-hydrogen) atoms. The Morgan fingerprint density at radius 2 is 2.00 bits per heavy atom. The summed E-state index contributed by atoms with van der Waals surface area (Å²) in [6, 6.07) is 8.64. The van der Waals surface area contributed by atoms with Gasteiger partial charge in [-0.15, -0.1) is 0 Å². The van der Waals surface area contributed by atoms with E-state index in [4.69, 9.17) is 4.74 Å². The Morgan fingerprint density at radius 3 is 2.70 bits per heavy atom. The lowest BCUT2D eigenvalue weighted by Crippen LogP contribution is -2.21. The molecule has 0 bridgehead atoms. The van der Waals surface area contributed by atoms with E-state index in [2.05, 4.69) is 5.10 Å². The topological polar surface area (TPSA) is 61.2 Å². The lowest BCUT2D eigenvalue weighted by atomic mass is 10.1. The summed E-state index contributed by atoms with van der Waals surface area (Å²) in [5, 5.41) is 3.85. The van der Waals surface area contributed by atoms with Gasteiger partial charge < -0.3 is 4.74 Å². The molecular weight excluding hydrogens is 256 g/mol. The predicted octanol–water partition coefficient (Wildman–Crippen LogP) is 1.75. The van der Waals surface area contributed by atoms with E-state index in [1.807, 2.05) is 32.0 Å². The van der Waals surface area contributed by atoms with Gasteiger partial charge >= 0.3 is 5.97 Å². The second-order valence-corrected chi connectivity index (χ2v) is 4.69. The summed E-state index contributed by atoms with van der Waals surface area (Å²) in [5.74, 6) is -0.540. The number of benzene rings is 1. The lowest BCUT2D eigenvalue weighted by molar-refractivity contribution is 0.0462. The number of aromatic nitrogens is 2. The summed E-state index contributed by atoms with van der Waals surface area (Å²) >= 11 is 0. The van der Waals surface area contributed by atoms with Crippen molar-refractivity contribution in [2.45, 2.75) is 20.5 Å². The Labute approximate surface area is 116 Å². The molecule has 0 radical (unpaired) electrons. The van der Waals surface area contributed by atoms with Gasteiger partial charge in [0.2, 0.25) is 0 Å². The average molecular weight is 272 g/mol. The molecule has 5 heteroatoms. The van der Waals surface area contributed by atoms with Gasteiger partial charge in [-0.05, 0) is 31.0 Å². The van der Waals surface area contributed by atoms with Crippen LogP contribution in [-0.4, -0.2) is 15.7 Å². The fourth-order valence-corrected chi connectivity index (χ4v) is 1.78. The van der Waals surface area contributed by atoms with Crippen LogP contribution in [0.25, 0.3) is 0 Å². The van der Waals surface area contributed by atoms with Crippen LogP contribution in [-0.2, 0) is 18.4 Å². The Morgan fingerprint density at radius 1 is 1.25 bits per heavy atom. The first kappa shape index (κ1) is 14.0. The van der Waals surface area contributed by atoms with Crippen LogP contribution >= 0.6 is 0 Å². The highest BCUT2D eigenvalue weighted by Gasteiger charge is 2.11. The Bertz CT molecular complexity index is 705. The Hall–Kier alpha value is -2.43. The summed E-state index contributed by atoms with van der Waals surface area (Å²) in [4.78, 5) is 23.1. The standard InChI is InChI=1S/C15H16N2O3/c1-10-4-5-11(2)12(8-10)9-20-15(19)13-6-7-14(18)17(3)16-13/h4-8H,9H2,1-3H3. The first-order valence-electron chi connectivity index (χ1n) is 6.25. The minimum absolute atomic E-state index is 0.123. The van der Waals surface area contributed by atoms with Crippen LogP contribution in [0.2, 0.25) is 0 Å². The number of ether oxygens (including phenoxy) is 1. The second-order valence-electron chi connectivity index (χ2n) is 4.69. The Kier molecular flexibility index (Phi) is 3.98. The molecule has 1 heterocycles. The third-order valence-corrected chi connectivity index (χ3v) is 3.03. The number of aryl methyl sites for hydroxylation is 3. The third-order valence-electron chi connectivity index (χ3n) is 3.03. The van der Waals surface area contributed by atoms with Gasteiger partial charge in [0, 0.05) is 13.1 Å². The molecule has 0 atom stereocenters. The van der Waals surface area contributed by atoms with Gasteiger partial charge in [0.25, 0.3) is 5.56 Å². The molecule has 0 unspecified atom stereocenters.